The van der Waals surface area contributed by atoms with Gasteiger partial charge >= 0.3 is 5.97 Å². The van der Waals surface area contributed by atoms with Crippen LogP contribution in [0.3, 0.4) is 0 Å². The highest BCUT2D eigenvalue weighted by Crippen LogP contribution is 2.32. The summed E-state index contributed by atoms with van der Waals surface area (Å²) in [6.45, 7) is 4.74. The highest BCUT2D eigenvalue weighted by molar-refractivity contribution is 7.22. The van der Waals surface area contributed by atoms with Gasteiger partial charge in [-0.2, -0.15) is 5.10 Å². The summed E-state index contributed by atoms with van der Waals surface area (Å²) in [6.07, 6.45) is 2.24. The Morgan fingerprint density at radius 3 is 2.90 bits per heavy atom. The summed E-state index contributed by atoms with van der Waals surface area (Å²) < 4.78 is 8.00. The molecule has 0 fully saturated rings. The molecule has 0 radical (unpaired) electrons. The van der Waals surface area contributed by atoms with Crippen molar-refractivity contribution in [3.05, 3.63) is 63.8 Å². The maximum Gasteiger partial charge on any atom is 0.356 e. The molecule has 7 nitrogen and oxygen atoms in total. The predicted molar refractivity (Wildman–Crippen MR) is 113 cm³/mol. The van der Waals surface area contributed by atoms with Gasteiger partial charge in [-0.25, -0.2) is 9.78 Å². The van der Waals surface area contributed by atoms with Gasteiger partial charge in [-0.15, -0.1) is 0 Å². The number of nitrogens with one attached hydrogen (secondary N) is 1. The predicted octanol–water partition coefficient (Wildman–Crippen LogP) is 4.97. The van der Waals surface area contributed by atoms with Gasteiger partial charge in [0, 0.05) is 21.8 Å². The van der Waals surface area contributed by atoms with Crippen molar-refractivity contribution in [3.63, 3.8) is 0 Å². The maximum atomic E-state index is 11.5. The van der Waals surface area contributed by atoms with Crippen LogP contribution in [0.1, 0.15) is 40.0 Å². The lowest BCUT2D eigenvalue weighted by Gasteiger charge is -2.07. The van der Waals surface area contributed by atoms with E-state index in [-0.39, 0.29) is 5.69 Å². The number of thiazole rings is 1. The second kappa shape index (κ2) is 7.88. The normalized spacial score (nSPS) is 11.3. The number of furan rings is 1. The van der Waals surface area contributed by atoms with Crippen molar-refractivity contribution in [1.82, 2.24) is 14.8 Å². The van der Waals surface area contributed by atoms with Crippen LogP contribution in [0, 0.1) is 6.92 Å². The molecule has 150 valence electrons. The van der Waals surface area contributed by atoms with Crippen LogP contribution in [0.5, 0.6) is 0 Å². The Morgan fingerprint density at radius 2 is 2.24 bits per heavy atom. The molecule has 0 atom stereocenters. The Balaban J connectivity index is 1.67. The Morgan fingerprint density at radius 1 is 1.41 bits per heavy atom. The molecule has 0 bridgehead atoms. The number of carbonyl (C=O) groups is 1. The topological polar surface area (TPSA) is 93.2 Å². The minimum atomic E-state index is -1.02. The number of nitrogens with zero attached hydrogens (tertiary/aromatic N) is 3. The summed E-state index contributed by atoms with van der Waals surface area (Å²) in [5.74, 6) is -0.194. The third kappa shape index (κ3) is 3.86. The Kier molecular flexibility index (Phi) is 5.29. The van der Waals surface area contributed by atoms with Crippen LogP contribution in [0.4, 0.5) is 5.13 Å². The van der Waals surface area contributed by atoms with E-state index in [0.717, 1.165) is 37.9 Å². The second-order valence-corrected chi connectivity index (χ2v) is 8.06. The number of carboxylic acids is 1. The molecule has 3 heterocycles. The first-order chi connectivity index (χ1) is 14.0. The monoisotopic (exact) mass is 430 g/mol. The molecule has 0 saturated carbocycles. The fourth-order valence-corrected chi connectivity index (χ4v) is 4.58. The first-order valence-electron chi connectivity index (χ1n) is 9.11. The lowest BCUT2D eigenvalue weighted by molar-refractivity contribution is 0.0688. The summed E-state index contributed by atoms with van der Waals surface area (Å²) in [7, 11) is 0. The third-order valence-electron chi connectivity index (χ3n) is 4.74. The van der Waals surface area contributed by atoms with Crippen molar-refractivity contribution in [1.29, 1.82) is 0 Å². The first kappa shape index (κ1) is 19.5. The minimum Gasteiger partial charge on any atom is -0.476 e. The first-order valence-corrected chi connectivity index (χ1v) is 10.3. The van der Waals surface area contributed by atoms with Crippen LogP contribution < -0.4 is 5.32 Å². The van der Waals surface area contributed by atoms with Gasteiger partial charge in [0.15, 0.2) is 10.8 Å². The summed E-state index contributed by atoms with van der Waals surface area (Å²) >= 11 is 7.84. The van der Waals surface area contributed by atoms with Gasteiger partial charge < -0.3 is 14.8 Å². The minimum absolute atomic E-state index is 0.0994. The summed E-state index contributed by atoms with van der Waals surface area (Å²) in [5, 5.41) is 18.4. The van der Waals surface area contributed by atoms with Crippen molar-refractivity contribution in [2.24, 2.45) is 0 Å². The van der Waals surface area contributed by atoms with Crippen LogP contribution >= 0.6 is 22.9 Å². The summed E-state index contributed by atoms with van der Waals surface area (Å²) in [5.41, 5.74) is 3.40. The highest BCUT2D eigenvalue weighted by atomic mass is 35.5. The number of hydrogen-bond donors (Lipinski definition) is 2. The zero-order chi connectivity index (χ0) is 20.5. The molecule has 0 unspecified atom stereocenters. The smallest absolute Gasteiger partial charge is 0.356 e. The van der Waals surface area contributed by atoms with E-state index in [1.807, 2.05) is 38.1 Å². The van der Waals surface area contributed by atoms with Crippen molar-refractivity contribution in [3.8, 4) is 0 Å². The number of carboxylic acid groups (broad SMARTS) is 1. The SMILES string of the molecule is CCc1c(C(=O)O)nn(Cc2cc(Cl)cc3sc(NCc4ccco4)nc23)c1C. The lowest BCUT2D eigenvalue weighted by atomic mass is 10.1. The molecule has 0 aliphatic heterocycles. The van der Waals surface area contributed by atoms with E-state index in [1.165, 1.54) is 11.3 Å². The van der Waals surface area contributed by atoms with Gasteiger partial charge in [-0.1, -0.05) is 29.9 Å². The Hall–Kier alpha value is -2.84. The van der Waals surface area contributed by atoms with Crippen LogP contribution in [0.15, 0.2) is 34.9 Å². The Labute approximate surface area is 175 Å². The fraction of sp³-hybridized carbons (Fsp3) is 0.250. The van der Waals surface area contributed by atoms with E-state index in [2.05, 4.69) is 10.4 Å². The average Bonchev–Trinajstić information content (AvgIpc) is 3.39. The van der Waals surface area contributed by atoms with Gasteiger partial charge in [0.25, 0.3) is 0 Å². The molecule has 1 aromatic carbocycles. The molecule has 29 heavy (non-hydrogen) atoms. The number of aromatic nitrogens is 3. The van der Waals surface area contributed by atoms with E-state index in [4.69, 9.17) is 21.0 Å². The van der Waals surface area contributed by atoms with Gasteiger partial charge in [-0.3, -0.25) is 4.68 Å². The number of halogens is 1. The van der Waals surface area contributed by atoms with Crippen LogP contribution in [-0.2, 0) is 19.5 Å². The molecular formula is C20H19ClN4O3S. The van der Waals surface area contributed by atoms with E-state index in [0.29, 0.717) is 24.5 Å². The van der Waals surface area contributed by atoms with E-state index >= 15 is 0 Å². The number of rotatable bonds is 7. The Bertz CT molecular complexity index is 1180. The molecule has 0 amide bonds. The molecule has 2 N–H and O–H groups in total. The van der Waals surface area contributed by atoms with Crippen LogP contribution in [-0.4, -0.2) is 25.8 Å². The summed E-state index contributed by atoms with van der Waals surface area (Å²) in [4.78, 5) is 16.2. The molecule has 0 aliphatic rings. The molecule has 0 spiro atoms. The van der Waals surface area contributed by atoms with Gasteiger partial charge in [0.1, 0.15) is 5.76 Å². The van der Waals surface area contributed by atoms with E-state index < -0.39 is 5.97 Å². The molecule has 0 aliphatic carbocycles. The van der Waals surface area contributed by atoms with Crippen molar-refractivity contribution in [2.75, 3.05) is 5.32 Å². The average molecular weight is 431 g/mol. The van der Waals surface area contributed by atoms with Gasteiger partial charge in [-0.05, 0) is 37.6 Å². The van der Waals surface area contributed by atoms with E-state index in [9.17, 15) is 9.90 Å². The number of hydrogen-bond acceptors (Lipinski definition) is 6. The molecule has 3 aromatic heterocycles. The van der Waals surface area contributed by atoms with Crippen LogP contribution in [0.25, 0.3) is 10.2 Å². The second-order valence-electron chi connectivity index (χ2n) is 6.59. The number of aromatic carboxylic acids is 1. The van der Waals surface area contributed by atoms with Crippen molar-refractivity contribution in [2.45, 2.75) is 33.4 Å². The molecule has 0 saturated heterocycles. The molecular weight excluding hydrogens is 412 g/mol. The zero-order valence-electron chi connectivity index (χ0n) is 15.9. The number of benzene rings is 1. The molecule has 4 rings (SSSR count). The van der Waals surface area contributed by atoms with E-state index in [1.54, 1.807) is 10.9 Å². The van der Waals surface area contributed by atoms with Gasteiger partial charge in [0.2, 0.25) is 0 Å². The summed E-state index contributed by atoms with van der Waals surface area (Å²) in [6, 6.07) is 7.48. The lowest BCUT2D eigenvalue weighted by Crippen LogP contribution is -2.06. The van der Waals surface area contributed by atoms with Crippen molar-refractivity contribution < 1.29 is 14.3 Å². The number of fused-ring (bicyclic) bond motifs is 1. The standard InChI is InChI=1S/C20H19ClN4O3S/c1-3-15-11(2)25(24-18(15)19(26)27)10-12-7-13(21)8-16-17(12)23-20(29-16)22-9-14-5-4-6-28-14/h4-8H,3,9-10H2,1-2H3,(H,22,23)(H,26,27). The highest BCUT2D eigenvalue weighted by Gasteiger charge is 2.20. The molecule has 9 heteroatoms. The number of anilines is 1. The molecule has 4 aromatic rings. The zero-order valence-corrected chi connectivity index (χ0v) is 17.5. The fourth-order valence-electron chi connectivity index (χ4n) is 3.33. The quantitative estimate of drug-likeness (QED) is 0.430. The third-order valence-corrected chi connectivity index (χ3v) is 5.92. The van der Waals surface area contributed by atoms with Crippen LogP contribution in [0.2, 0.25) is 5.02 Å². The van der Waals surface area contributed by atoms with Crippen molar-refractivity contribution >= 4 is 44.3 Å². The van der Waals surface area contributed by atoms with Gasteiger partial charge in [0.05, 0.1) is 29.6 Å². The largest absolute Gasteiger partial charge is 0.476 e. The maximum absolute atomic E-state index is 11.5.